The van der Waals surface area contributed by atoms with Crippen molar-refractivity contribution in [2.75, 3.05) is 0 Å². The monoisotopic (exact) mass is 388 g/mol. The Balaban J connectivity index is 1.76. The number of rotatable bonds is 5. The highest BCUT2D eigenvalue weighted by Crippen LogP contribution is 2.34. The van der Waals surface area contributed by atoms with E-state index in [0.717, 1.165) is 12.1 Å². The number of aromatic nitrogens is 1. The Bertz CT molecular complexity index is 830. The van der Waals surface area contributed by atoms with Crippen LogP contribution in [0.1, 0.15) is 34.5 Å². The number of hydrogen-bond acceptors (Lipinski definition) is 3. The molecule has 26 heavy (non-hydrogen) atoms. The number of nitrogens with zero attached hydrogens (tertiary/aromatic N) is 2. The zero-order valence-corrected chi connectivity index (χ0v) is 14.2. The number of benzene rings is 1. The van der Waals surface area contributed by atoms with Crippen molar-refractivity contribution in [1.29, 1.82) is 0 Å². The molecule has 0 radical (unpaired) electrons. The first kappa shape index (κ1) is 18.4. The lowest BCUT2D eigenvalue weighted by Gasteiger charge is -2.25. The summed E-state index contributed by atoms with van der Waals surface area (Å²) in [5.41, 5.74) is 1.72. The van der Waals surface area contributed by atoms with Crippen LogP contribution in [0.5, 0.6) is 5.75 Å². The van der Waals surface area contributed by atoms with E-state index < -0.39 is 24.3 Å². The molecule has 0 bridgehead atoms. The van der Waals surface area contributed by atoms with Crippen LogP contribution in [0.3, 0.4) is 0 Å². The SMILES string of the molecule is CC(c1ccc(OC(F)(F)C(F)F)cc1)N1Cc2c(ccnc2Cl)C1=O. The van der Waals surface area contributed by atoms with Crippen molar-refractivity contribution in [2.45, 2.75) is 32.0 Å². The maximum atomic E-state index is 12.9. The maximum Gasteiger partial charge on any atom is 0.461 e. The van der Waals surface area contributed by atoms with Gasteiger partial charge in [-0.25, -0.2) is 4.98 Å². The molecule has 3 rings (SSSR count). The van der Waals surface area contributed by atoms with Crippen LogP contribution in [0.2, 0.25) is 5.15 Å². The van der Waals surface area contributed by atoms with Gasteiger partial charge in [0.25, 0.3) is 5.91 Å². The fourth-order valence-electron chi connectivity index (χ4n) is 2.72. The second kappa shape index (κ2) is 6.75. The third-order valence-corrected chi connectivity index (χ3v) is 4.49. The van der Waals surface area contributed by atoms with E-state index in [1.165, 1.54) is 18.3 Å². The van der Waals surface area contributed by atoms with Crippen molar-refractivity contribution < 1.29 is 27.1 Å². The number of hydrogen-bond donors (Lipinski definition) is 0. The molecule has 1 aromatic carbocycles. The molecule has 1 aliphatic heterocycles. The summed E-state index contributed by atoms with van der Waals surface area (Å²) in [4.78, 5) is 18.0. The first-order chi connectivity index (χ1) is 12.2. The summed E-state index contributed by atoms with van der Waals surface area (Å²) in [6, 6.07) is 6.39. The average Bonchev–Trinajstić information content (AvgIpc) is 2.93. The zero-order chi connectivity index (χ0) is 19.1. The van der Waals surface area contributed by atoms with Gasteiger partial charge in [0.1, 0.15) is 10.9 Å². The number of ether oxygens (including phenoxy) is 1. The van der Waals surface area contributed by atoms with E-state index in [4.69, 9.17) is 11.6 Å². The van der Waals surface area contributed by atoms with Gasteiger partial charge in [-0.2, -0.15) is 17.6 Å². The molecule has 1 aromatic heterocycles. The summed E-state index contributed by atoms with van der Waals surface area (Å²) in [5, 5.41) is 0.253. The Hall–Kier alpha value is -2.35. The molecule has 2 heterocycles. The van der Waals surface area contributed by atoms with Gasteiger partial charge in [0.15, 0.2) is 0 Å². The van der Waals surface area contributed by atoms with Crippen LogP contribution >= 0.6 is 11.6 Å². The third kappa shape index (κ3) is 3.33. The Morgan fingerprint density at radius 1 is 1.23 bits per heavy atom. The van der Waals surface area contributed by atoms with Crippen molar-refractivity contribution >= 4 is 17.5 Å². The van der Waals surface area contributed by atoms with Crippen LogP contribution in [0.4, 0.5) is 17.6 Å². The molecule has 0 spiro atoms. The van der Waals surface area contributed by atoms with Gasteiger partial charge in [0, 0.05) is 17.3 Å². The number of carbonyl (C=O) groups excluding carboxylic acids is 1. The van der Waals surface area contributed by atoms with Crippen LogP contribution < -0.4 is 4.74 Å². The number of pyridine rings is 1. The number of halogens is 5. The summed E-state index contributed by atoms with van der Waals surface area (Å²) in [7, 11) is 0. The first-order valence-corrected chi connectivity index (χ1v) is 7.98. The number of carbonyl (C=O) groups is 1. The summed E-state index contributed by atoms with van der Waals surface area (Å²) in [6.07, 6.45) is -7.05. The predicted molar refractivity (Wildman–Crippen MR) is 85.6 cm³/mol. The Kier molecular flexibility index (Phi) is 4.79. The van der Waals surface area contributed by atoms with Crippen molar-refractivity contribution in [3.8, 4) is 5.75 Å². The van der Waals surface area contributed by atoms with E-state index in [1.807, 2.05) is 0 Å². The van der Waals surface area contributed by atoms with Gasteiger partial charge in [-0.3, -0.25) is 4.79 Å². The largest absolute Gasteiger partial charge is 0.461 e. The van der Waals surface area contributed by atoms with E-state index in [2.05, 4.69) is 9.72 Å². The Morgan fingerprint density at radius 2 is 1.88 bits per heavy atom. The minimum Gasteiger partial charge on any atom is -0.428 e. The van der Waals surface area contributed by atoms with Crippen molar-refractivity contribution in [2.24, 2.45) is 0 Å². The van der Waals surface area contributed by atoms with E-state index in [0.29, 0.717) is 16.7 Å². The normalized spacial score (nSPS) is 15.3. The minimum absolute atomic E-state index is 0.221. The van der Waals surface area contributed by atoms with Crippen molar-refractivity contribution in [1.82, 2.24) is 9.88 Å². The molecule has 0 saturated carbocycles. The van der Waals surface area contributed by atoms with Gasteiger partial charge < -0.3 is 9.64 Å². The summed E-state index contributed by atoms with van der Waals surface area (Å²) in [6.45, 7) is 2.03. The van der Waals surface area contributed by atoms with Crippen molar-refractivity contribution in [3.63, 3.8) is 0 Å². The van der Waals surface area contributed by atoms with Gasteiger partial charge in [0.2, 0.25) is 0 Å². The van der Waals surface area contributed by atoms with Crippen LogP contribution in [-0.4, -0.2) is 28.3 Å². The third-order valence-electron chi connectivity index (χ3n) is 4.16. The predicted octanol–water partition coefficient (Wildman–Crippen LogP) is 4.69. The molecule has 0 fully saturated rings. The molecule has 0 N–H and O–H groups in total. The topological polar surface area (TPSA) is 42.4 Å². The van der Waals surface area contributed by atoms with Gasteiger partial charge in [0.05, 0.1) is 12.6 Å². The first-order valence-electron chi connectivity index (χ1n) is 7.60. The van der Waals surface area contributed by atoms with Crippen LogP contribution in [0.15, 0.2) is 36.5 Å². The molecule has 1 amide bonds. The van der Waals surface area contributed by atoms with Crippen molar-refractivity contribution in [3.05, 3.63) is 58.4 Å². The van der Waals surface area contributed by atoms with E-state index >= 15 is 0 Å². The lowest BCUT2D eigenvalue weighted by atomic mass is 10.1. The quantitative estimate of drug-likeness (QED) is 0.551. The van der Waals surface area contributed by atoms with E-state index in [-0.39, 0.29) is 17.6 Å². The molecule has 1 unspecified atom stereocenters. The number of alkyl halides is 4. The molecular weight excluding hydrogens is 376 g/mol. The molecule has 4 nitrogen and oxygen atoms in total. The fourth-order valence-corrected chi connectivity index (χ4v) is 2.94. The average molecular weight is 389 g/mol. The molecule has 138 valence electrons. The van der Waals surface area contributed by atoms with E-state index in [1.54, 1.807) is 17.9 Å². The highest BCUT2D eigenvalue weighted by atomic mass is 35.5. The standard InChI is InChI=1S/C17H13ClF4N2O2/c1-9(24-8-13-12(15(24)25)6-7-23-14(13)18)10-2-4-11(5-3-10)26-17(21,22)16(19)20/h2-7,9,16H,8H2,1H3. The summed E-state index contributed by atoms with van der Waals surface area (Å²) < 4.78 is 54.3. The van der Waals surface area contributed by atoms with Crippen LogP contribution in [-0.2, 0) is 6.54 Å². The lowest BCUT2D eigenvalue weighted by molar-refractivity contribution is -0.253. The number of fused-ring (bicyclic) bond motifs is 1. The van der Waals surface area contributed by atoms with Gasteiger partial charge in [-0.05, 0) is 30.7 Å². The zero-order valence-electron chi connectivity index (χ0n) is 13.4. The molecule has 2 aromatic rings. The minimum atomic E-state index is -4.57. The smallest absolute Gasteiger partial charge is 0.428 e. The van der Waals surface area contributed by atoms with Crippen LogP contribution in [0, 0.1) is 0 Å². The second-order valence-electron chi connectivity index (χ2n) is 5.77. The highest BCUT2D eigenvalue weighted by molar-refractivity contribution is 6.30. The molecule has 1 aliphatic rings. The summed E-state index contributed by atoms with van der Waals surface area (Å²) in [5.74, 6) is -0.615. The Labute approximate surface area is 151 Å². The molecular formula is C17H13ClF4N2O2. The fraction of sp³-hybridized carbons (Fsp3) is 0.294. The summed E-state index contributed by atoms with van der Waals surface area (Å²) >= 11 is 6.02. The number of amides is 1. The highest BCUT2D eigenvalue weighted by Gasteiger charge is 2.44. The van der Waals surface area contributed by atoms with Crippen LogP contribution in [0.25, 0.3) is 0 Å². The molecule has 9 heteroatoms. The molecule has 1 atom stereocenters. The molecule has 0 saturated heterocycles. The van der Waals surface area contributed by atoms with Gasteiger partial charge in [-0.15, -0.1) is 0 Å². The maximum absolute atomic E-state index is 12.9. The van der Waals surface area contributed by atoms with Gasteiger partial charge >= 0.3 is 12.5 Å². The van der Waals surface area contributed by atoms with E-state index in [9.17, 15) is 22.4 Å². The Morgan fingerprint density at radius 3 is 2.46 bits per heavy atom. The second-order valence-corrected chi connectivity index (χ2v) is 6.13. The molecule has 0 aliphatic carbocycles. The van der Waals surface area contributed by atoms with Gasteiger partial charge in [-0.1, -0.05) is 23.7 Å². The lowest BCUT2D eigenvalue weighted by Crippen LogP contribution is -2.33.